The van der Waals surface area contributed by atoms with Crippen LogP contribution in [-0.2, 0) is 6.54 Å². The molecular weight excluding hydrogens is 399 g/mol. The van der Waals surface area contributed by atoms with Crippen LogP contribution in [-0.4, -0.2) is 14.7 Å². The van der Waals surface area contributed by atoms with Gasteiger partial charge in [-0.15, -0.1) is 0 Å². The van der Waals surface area contributed by atoms with Crippen molar-refractivity contribution in [2.45, 2.75) is 18.6 Å². The maximum absolute atomic E-state index is 13.6. The summed E-state index contributed by atoms with van der Waals surface area (Å²) in [5.74, 6) is 0.583. The third-order valence-electron chi connectivity index (χ3n) is 5.28. The van der Waals surface area contributed by atoms with E-state index in [0.717, 1.165) is 22.8 Å². The second kappa shape index (κ2) is 7.76. The molecule has 0 saturated carbocycles. The summed E-state index contributed by atoms with van der Waals surface area (Å²) in [7, 11) is 0. The number of rotatable bonds is 5. The molecule has 0 radical (unpaired) electrons. The van der Waals surface area contributed by atoms with Crippen molar-refractivity contribution in [2.24, 2.45) is 0 Å². The third-order valence-corrected chi connectivity index (χ3v) is 5.59. The highest BCUT2D eigenvalue weighted by atomic mass is 32.1. The van der Waals surface area contributed by atoms with Gasteiger partial charge >= 0.3 is 0 Å². The standard InChI is InChI=1S/C23H19FN4OS/c24-16-8-10-17(11-9-16)28-22(21(26-23(28)30)19-6-1-2-12-25-19)20-7-3-13-27(20)15-18-5-4-14-29-18/h1-14,21-22H,15H2,(H,26,30)/t21-,22+/m1/s1. The summed E-state index contributed by atoms with van der Waals surface area (Å²) in [6.45, 7) is 0.602. The Morgan fingerprint density at radius 2 is 1.90 bits per heavy atom. The summed E-state index contributed by atoms with van der Waals surface area (Å²) in [5, 5.41) is 4.00. The van der Waals surface area contributed by atoms with Crippen LogP contribution < -0.4 is 10.2 Å². The van der Waals surface area contributed by atoms with Gasteiger partial charge < -0.3 is 19.2 Å². The average Bonchev–Trinajstić information content (AvgIpc) is 3.50. The van der Waals surface area contributed by atoms with Gasteiger partial charge in [0.2, 0.25) is 0 Å². The molecule has 0 aliphatic carbocycles. The first-order valence-electron chi connectivity index (χ1n) is 9.64. The number of aromatic nitrogens is 2. The summed E-state index contributed by atoms with van der Waals surface area (Å²) in [6.07, 6.45) is 5.48. The lowest BCUT2D eigenvalue weighted by Crippen LogP contribution is -2.30. The third kappa shape index (κ3) is 3.37. The zero-order valence-corrected chi connectivity index (χ0v) is 16.8. The molecule has 5 rings (SSSR count). The van der Waals surface area contributed by atoms with E-state index >= 15 is 0 Å². The Morgan fingerprint density at radius 1 is 1.03 bits per heavy atom. The largest absolute Gasteiger partial charge is 0.467 e. The second-order valence-corrected chi connectivity index (χ2v) is 7.50. The Balaban J connectivity index is 1.60. The van der Waals surface area contributed by atoms with E-state index in [4.69, 9.17) is 16.6 Å². The topological polar surface area (TPSA) is 46.2 Å². The molecule has 0 spiro atoms. The van der Waals surface area contributed by atoms with Gasteiger partial charge in [-0.05, 0) is 72.9 Å². The number of nitrogens with zero attached hydrogens (tertiary/aromatic N) is 3. The number of thiocarbonyl (C=S) groups is 1. The molecule has 2 atom stereocenters. The number of furan rings is 1. The van der Waals surface area contributed by atoms with Crippen LogP contribution in [0.4, 0.5) is 10.1 Å². The molecule has 3 aromatic heterocycles. The van der Waals surface area contributed by atoms with Crippen molar-refractivity contribution in [2.75, 3.05) is 4.90 Å². The monoisotopic (exact) mass is 418 g/mol. The van der Waals surface area contributed by atoms with Crippen LogP contribution in [0.15, 0.2) is 89.8 Å². The maximum atomic E-state index is 13.6. The van der Waals surface area contributed by atoms with Gasteiger partial charge in [0.25, 0.3) is 0 Å². The number of hydrogen-bond acceptors (Lipinski definition) is 3. The molecule has 0 unspecified atom stereocenters. The van der Waals surface area contributed by atoms with Crippen molar-refractivity contribution < 1.29 is 8.81 Å². The van der Waals surface area contributed by atoms with E-state index < -0.39 is 0 Å². The Labute approximate surface area is 178 Å². The smallest absolute Gasteiger partial charge is 0.174 e. The zero-order valence-electron chi connectivity index (χ0n) is 16.0. The van der Waals surface area contributed by atoms with Gasteiger partial charge in [0.15, 0.2) is 5.11 Å². The lowest BCUT2D eigenvalue weighted by Gasteiger charge is -2.28. The van der Waals surface area contributed by atoms with Gasteiger partial charge in [-0.2, -0.15) is 0 Å². The minimum Gasteiger partial charge on any atom is -0.467 e. The Hall–Kier alpha value is -3.45. The minimum absolute atomic E-state index is 0.158. The fourth-order valence-corrected chi connectivity index (χ4v) is 4.29. The fraction of sp³-hybridized carbons (Fsp3) is 0.130. The van der Waals surface area contributed by atoms with E-state index in [1.807, 2.05) is 47.5 Å². The molecular formula is C23H19FN4OS. The van der Waals surface area contributed by atoms with Crippen molar-refractivity contribution in [3.05, 3.63) is 108 Å². The van der Waals surface area contributed by atoms with Crippen LogP contribution in [0.2, 0.25) is 0 Å². The molecule has 5 nitrogen and oxygen atoms in total. The van der Waals surface area contributed by atoms with Crippen LogP contribution >= 0.6 is 12.2 Å². The molecule has 1 aliphatic heterocycles. The summed E-state index contributed by atoms with van der Waals surface area (Å²) >= 11 is 5.71. The van der Waals surface area contributed by atoms with E-state index in [1.165, 1.54) is 12.1 Å². The molecule has 1 fully saturated rings. The van der Waals surface area contributed by atoms with E-state index in [9.17, 15) is 4.39 Å². The number of hydrogen-bond donors (Lipinski definition) is 1. The minimum atomic E-state index is -0.282. The molecule has 4 aromatic rings. The Bertz CT molecular complexity index is 1140. The first kappa shape index (κ1) is 18.6. The molecule has 0 amide bonds. The summed E-state index contributed by atoms with van der Waals surface area (Å²) in [4.78, 5) is 6.60. The van der Waals surface area contributed by atoms with Gasteiger partial charge in [-0.25, -0.2) is 4.39 Å². The predicted octanol–water partition coefficient (Wildman–Crippen LogP) is 4.84. The maximum Gasteiger partial charge on any atom is 0.174 e. The van der Waals surface area contributed by atoms with Gasteiger partial charge in [0, 0.05) is 23.8 Å². The second-order valence-electron chi connectivity index (χ2n) is 7.11. The number of anilines is 1. The van der Waals surface area contributed by atoms with Crippen molar-refractivity contribution in [1.29, 1.82) is 0 Å². The average molecular weight is 418 g/mol. The number of halogens is 1. The van der Waals surface area contributed by atoms with Crippen molar-refractivity contribution in [1.82, 2.24) is 14.9 Å². The van der Waals surface area contributed by atoms with Gasteiger partial charge in [-0.3, -0.25) is 4.98 Å². The van der Waals surface area contributed by atoms with Crippen LogP contribution in [0.5, 0.6) is 0 Å². The quantitative estimate of drug-likeness (QED) is 0.470. The predicted molar refractivity (Wildman–Crippen MR) is 117 cm³/mol. The fourth-order valence-electron chi connectivity index (χ4n) is 3.95. The van der Waals surface area contributed by atoms with Crippen molar-refractivity contribution in [3.8, 4) is 0 Å². The first-order valence-corrected chi connectivity index (χ1v) is 10.1. The normalized spacial score (nSPS) is 18.6. The van der Waals surface area contributed by atoms with Gasteiger partial charge in [0.1, 0.15) is 17.6 Å². The van der Waals surface area contributed by atoms with Crippen LogP contribution in [0.3, 0.4) is 0 Å². The highest BCUT2D eigenvalue weighted by Crippen LogP contribution is 2.41. The van der Waals surface area contributed by atoms with Crippen molar-refractivity contribution >= 4 is 23.0 Å². The summed E-state index contributed by atoms with van der Waals surface area (Å²) in [5.41, 5.74) is 2.77. The van der Waals surface area contributed by atoms with Crippen molar-refractivity contribution in [3.63, 3.8) is 0 Å². The molecule has 1 saturated heterocycles. The highest BCUT2D eigenvalue weighted by molar-refractivity contribution is 7.80. The molecule has 4 heterocycles. The Kier molecular flexibility index (Phi) is 4.80. The first-order chi connectivity index (χ1) is 14.7. The molecule has 1 N–H and O–H groups in total. The zero-order chi connectivity index (χ0) is 20.5. The van der Waals surface area contributed by atoms with E-state index in [-0.39, 0.29) is 17.9 Å². The number of pyridine rings is 1. The van der Waals surface area contributed by atoms with E-state index in [2.05, 4.69) is 20.9 Å². The molecule has 1 aromatic carbocycles. The number of benzene rings is 1. The van der Waals surface area contributed by atoms with Gasteiger partial charge in [-0.1, -0.05) is 6.07 Å². The molecule has 0 bridgehead atoms. The Morgan fingerprint density at radius 3 is 2.63 bits per heavy atom. The molecule has 30 heavy (non-hydrogen) atoms. The lowest BCUT2D eigenvalue weighted by atomic mass is 10.0. The van der Waals surface area contributed by atoms with E-state index in [0.29, 0.717) is 11.7 Å². The SMILES string of the molecule is Fc1ccc(N2C(=S)N[C@H](c3ccccn3)[C@@H]2c2cccn2Cc2ccco2)cc1. The number of nitrogens with one attached hydrogen (secondary N) is 1. The lowest BCUT2D eigenvalue weighted by molar-refractivity contribution is 0.475. The molecule has 150 valence electrons. The van der Waals surface area contributed by atoms with Gasteiger partial charge in [0.05, 0.1) is 24.5 Å². The van der Waals surface area contributed by atoms with E-state index in [1.54, 1.807) is 24.6 Å². The highest BCUT2D eigenvalue weighted by Gasteiger charge is 2.42. The summed E-state index contributed by atoms with van der Waals surface area (Å²) in [6, 6.07) is 19.8. The van der Waals surface area contributed by atoms with Crippen LogP contribution in [0.1, 0.15) is 29.2 Å². The molecule has 7 heteroatoms. The van der Waals surface area contributed by atoms with Crippen LogP contribution in [0.25, 0.3) is 0 Å². The van der Waals surface area contributed by atoms with Crippen LogP contribution in [0, 0.1) is 5.82 Å². The molecule has 1 aliphatic rings. The summed E-state index contributed by atoms with van der Waals surface area (Å²) < 4.78 is 21.3.